The number of aryl methyl sites for hydroxylation is 1. The van der Waals surface area contributed by atoms with Gasteiger partial charge < -0.3 is 10.1 Å². The molecule has 0 saturated carbocycles. The molecule has 110 valence electrons. The summed E-state index contributed by atoms with van der Waals surface area (Å²) in [5.41, 5.74) is 1.99. The molecule has 0 saturated heterocycles. The normalized spacial score (nSPS) is 13.8. The molecule has 0 aromatic heterocycles. The molecule has 3 nitrogen and oxygen atoms in total. The van der Waals surface area contributed by atoms with Crippen LogP contribution in [0.3, 0.4) is 0 Å². The summed E-state index contributed by atoms with van der Waals surface area (Å²) in [4.78, 5) is 0. The van der Waals surface area contributed by atoms with Gasteiger partial charge in [-0.15, -0.1) is 0 Å². The Morgan fingerprint density at radius 2 is 2.10 bits per heavy atom. The van der Waals surface area contributed by atoms with Crippen LogP contribution in [0.4, 0.5) is 0 Å². The Morgan fingerprint density at radius 3 is 2.65 bits per heavy atom. The van der Waals surface area contributed by atoms with Crippen LogP contribution in [0.2, 0.25) is 0 Å². The summed E-state index contributed by atoms with van der Waals surface area (Å²) in [6.45, 7) is 8.98. The molecule has 1 N–H and O–H groups in total. The Balaban J connectivity index is 2.54. The Morgan fingerprint density at radius 1 is 1.40 bits per heavy atom. The molecule has 0 aliphatic carbocycles. The maximum Gasteiger partial charge on any atom is 0.122 e. The second kappa shape index (κ2) is 7.31. The molecule has 0 bridgehead atoms. The fourth-order valence-corrected chi connectivity index (χ4v) is 1.98. The van der Waals surface area contributed by atoms with Crippen molar-refractivity contribution in [2.45, 2.75) is 52.0 Å². The summed E-state index contributed by atoms with van der Waals surface area (Å²) in [5.74, 6) is 1.46. The quantitative estimate of drug-likeness (QED) is 0.770. The topological polar surface area (TPSA) is 45.0 Å². The van der Waals surface area contributed by atoms with Gasteiger partial charge in [-0.2, -0.15) is 5.26 Å². The van der Waals surface area contributed by atoms with Gasteiger partial charge in [0.1, 0.15) is 11.3 Å². The van der Waals surface area contributed by atoms with Gasteiger partial charge >= 0.3 is 0 Å². The molecular formula is C17H26N2O. The van der Waals surface area contributed by atoms with Crippen molar-refractivity contribution in [1.29, 1.82) is 5.26 Å². The summed E-state index contributed by atoms with van der Waals surface area (Å²) in [7, 11) is 1.82. The number of benzene rings is 1. The van der Waals surface area contributed by atoms with Gasteiger partial charge in [0.25, 0.3) is 0 Å². The molecule has 1 aromatic carbocycles. The van der Waals surface area contributed by atoms with Gasteiger partial charge in [-0.3, -0.25) is 0 Å². The average Bonchev–Trinajstić information content (AvgIpc) is 2.44. The van der Waals surface area contributed by atoms with E-state index in [1.807, 2.05) is 14.0 Å². The minimum Gasteiger partial charge on any atom is -0.493 e. The zero-order valence-corrected chi connectivity index (χ0v) is 13.3. The number of ether oxygens (including phenoxy) is 1. The van der Waals surface area contributed by atoms with Gasteiger partial charge in [-0.05, 0) is 56.8 Å². The van der Waals surface area contributed by atoms with Gasteiger partial charge in [-0.1, -0.05) is 26.0 Å². The second-order valence-corrected chi connectivity index (χ2v) is 5.83. The van der Waals surface area contributed by atoms with E-state index in [4.69, 9.17) is 10.00 Å². The fraction of sp³-hybridized carbons (Fsp3) is 0.588. The summed E-state index contributed by atoms with van der Waals surface area (Å²) >= 11 is 0. The lowest BCUT2D eigenvalue weighted by Crippen LogP contribution is -2.38. The van der Waals surface area contributed by atoms with E-state index in [2.05, 4.69) is 50.4 Å². The summed E-state index contributed by atoms with van der Waals surface area (Å²) in [6.07, 6.45) is 1.64. The van der Waals surface area contributed by atoms with E-state index >= 15 is 0 Å². The minimum atomic E-state index is -0.460. The molecule has 0 fully saturated rings. The molecule has 1 aromatic rings. The highest BCUT2D eigenvalue weighted by Gasteiger charge is 2.20. The highest BCUT2D eigenvalue weighted by Crippen LogP contribution is 2.24. The van der Waals surface area contributed by atoms with Crippen LogP contribution in [0.5, 0.6) is 5.75 Å². The van der Waals surface area contributed by atoms with E-state index in [1.165, 1.54) is 5.56 Å². The molecule has 1 rings (SSSR count). The number of nitrogens with zero attached hydrogens (tertiary/aromatic N) is 1. The third-order valence-corrected chi connectivity index (χ3v) is 3.76. The van der Waals surface area contributed by atoms with E-state index in [1.54, 1.807) is 0 Å². The molecule has 3 heteroatoms. The first kappa shape index (κ1) is 16.5. The maximum atomic E-state index is 9.09. The van der Waals surface area contributed by atoms with Crippen molar-refractivity contribution in [3.8, 4) is 11.8 Å². The predicted octanol–water partition coefficient (Wildman–Crippen LogP) is 3.78. The first-order valence-electron chi connectivity index (χ1n) is 7.25. The van der Waals surface area contributed by atoms with E-state index in [9.17, 15) is 0 Å². The molecule has 0 aliphatic heterocycles. The lowest BCUT2D eigenvalue weighted by molar-refractivity contribution is 0.287. The Kier molecular flexibility index (Phi) is 6.04. The number of rotatable bonds is 7. The minimum absolute atomic E-state index is 0.460. The summed E-state index contributed by atoms with van der Waals surface area (Å²) < 4.78 is 5.87. The molecule has 20 heavy (non-hydrogen) atoms. The van der Waals surface area contributed by atoms with Gasteiger partial charge in [0.15, 0.2) is 0 Å². The van der Waals surface area contributed by atoms with Crippen molar-refractivity contribution >= 4 is 0 Å². The van der Waals surface area contributed by atoms with Crippen molar-refractivity contribution in [1.82, 2.24) is 5.32 Å². The van der Waals surface area contributed by atoms with E-state index < -0.39 is 5.54 Å². The molecular weight excluding hydrogens is 248 g/mol. The van der Waals surface area contributed by atoms with Gasteiger partial charge in [0.05, 0.1) is 12.7 Å². The van der Waals surface area contributed by atoms with Crippen LogP contribution < -0.4 is 10.1 Å². The maximum absolute atomic E-state index is 9.09. The third-order valence-electron chi connectivity index (χ3n) is 3.76. The Labute approximate surface area is 123 Å². The van der Waals surface area contributed by atoms with Crippen LogP contribution in [0.15, 0.2) is 18.2 Å². The Bertz CT molecular complexity index is 476. The van der Waals surface area contributed by atoms with Gasteiger partial charge in [0.2, 0.25) is 0 Å². The van der Waals surface area contributed by atoms with Crippen LogP contribution in [-0.2, 0) is 0 Å². The predicted molar refractivity (Wildman–Crippen MR) is 83.1 cm³/mol. The molecule has 0 radical (unpaired) electrons. The largest absolute Gasteiger partial charge is 0.493 e. The van der Waals surface area contributed by atoms with Crippen LogP contribution in [0.1, 0.15) is 50.7 Å². The van der Waals surface area contributed by atoms with E-state index in [0.29, 0.717) is 12.5 Å². The standard InChI is InChI=1S/C17H26N2O/c1-13(2)15-8-7-14(3)16(11-15)20-10-6-9-17(4,12-18)19-5/h7-8,11,13,19H,6,9-10H2,1-5H3. The van der Waals surface area contributed by atoms with Crippen molar-refractivity contribution in [3.63, 3.8) is 0 Å². The van der Waals surface area contributed by atoms with Crippen molar-refractivity contribution in [2.75, 3.05) is 13.7 Å². The number of hydrogen-bond donors (Lipinski definition) is 1. The zero-order valence-electron chi connectivity index (χ0n) is 13.3. The number of nitriles is 1. The van der Waals surface area contributed by atoms with Crippen LogP contribution in [-0.4, -0.2) is 19.2 Å². The molecule has 1 unspecified atom stereocenters. The lowest BCUT2D eigenvalue weighted by atomic mass is 9.98. The molecule has 0 spiro atoms. The molecule has 0 heterocycles. The van der Waals surface area contributed by atoms with Gasteiger partial charge in [0, 0.05) is 0 Å². The lowest BCUT2D eigenvalue weighted by Gasteiger charge is -2.20. The van der Waals surface area contributed by atoms with Gasteiger partial charge in [-0.25, -0.2) is 0 Å². The first-order chi connectivity index (χ1) is 9.41. The van der Waals surface area contributed by atoms with Crippen molar-refractivity contribution in [2.24, 2.45) is 0 Å². The monoisotopic (exact) mass is 274 g/mol. The molecule has 1 atom stereocenters. The Hall–Kier alpha value is -1.53. The second-order valence-electron chi connectivity index (χ2n) is 5.83. The summed E-state index contributed by atoms with van der Waals surface area (Å²) in [6, 6.07) is 8.68. The first-order valence-corrected chi connectivity index (χ1v) is 7.25. The highest BCUT2D eigenvalue weighted by atomic mass is 16.5. The number of nitrogens with one attached hydrogen (secondary N) is 1. The summed E-state index contributed by atoms with van der Waals surface area (Å²) in [5, 5.41) is 12.1. The van der Waals surface area contributed by atoms with Crippen LogP contribution >= 0.6 is 0 Å². The van der Waals surface area contributed by atoms with Crippen LogP contribution in [0, 0.1) is 18.3 Å². The van der Waals surface area contributed by atoms with Crippen LogP contribution in [0.25, 0.3) is 0 Å². The SMILES string of the molecule is CNC(C)(C#N)CCCOc1cc(C(C)C)ccc1C. The molecule has 0 amide bonds. The highest BCUT2D eigenvalue weighted by molar-refractivity contribution is 5.37. The van der Waals surface area contributed by atoms with E-state index in [0.717, 1.165) is 24.2 Å². The van der Waals surface area contributed by atoms with Crippen molar-refractivity contribution in [3.05, 3.63) is 29.3 Å². The number of hydrogen-bond acceptors (Lipinski definition) is 3. The van der Waals surface area contributed by atoms with Crippen molar-refractivity contribution < 1.29 is 4.74 Å². The molecule has 0 aliphatic rings. The fourth-order valence-electron chi connectivity index (χ4n) is 1.98. The third kappa shape index (κ3) is 4.54. The van der Waals surface area contributed by atoms with E-state index in [-0.39, 0.29) is 0 Å². The average molecular weight is 274 g/mol. The zero-order chi connectivity index (χ0) is 15.2. The smallest absolute Gasteiger partial charge is 0.122 e.